The number of sulfone groups is 1. The Hall–Kier alpha value is -1.67. The highest BCUT2D eigenvalue weighted by atomic mass is 32.2. The summed E-state index contributed by atoms with van der Waals surface area (Å²) >= 11 is 0. The molecular formula is C14H20N2O5S. The Labute approximate surface area is 129 Å². The van der Waals surface area contributed by atoms with E-state index in [2.05, 4.69) is 6.92 Å². The van der Waals surface area contributed by atoms with Crippen LogP contribution in [0.2, 0.25) is 0 Å². The predicted octanol–water partition coefficient (Wildman–Crippen LogP) is 1.86. The zero-order valence-corrected chi connectivity index (χ0v) is 13.7. The molecule has 0 aromatic heterocycles. The van der Waals surface area contributed by atoms with Gasteiger partial charge in [0, 0.05) is 38.2 Å². The number of methoxy groups -OCH3 is 1. The third-order valence-corrected chi connectivity index (χ3v) is 5.22. The number of benzene rings is 1. The zero-order chi connectivity index (χ0) is 16.5. The van der Waals surface area contributed by atoms with E-state index >= 15 is 0 Å². The van der Waals surface area contributed by atoms with Crippen molar-refractivity contribution in [3.63, 3.8) is 0 Å². The fourth-order valence-corrected chi connectivity index (χ4v) is 3.58. The number of piperidine rings is 1. The van der Waals surface area contributed by atoms with E-state index in [1.807, 2.05) is 4.90 Å². The molecule has 8 heteroatoms. The van der Waals surface area contributed by atoms with Crippen molar-refractivity contribution in [2.45, 2.75) is 24.3 Å². The van der Waals surface area contributed by atoms with Gasteiger partial charge in [-0.2, -0.15) is 0 Å². The molecule has 122 valence electrons. The van der Waals surface area contributed by atoms with Crippen LogP contribution in [0.3, 0.4) is 0 Å². The molecule has 0 aliphatic carbocycles. The van der Waals surface area contributed by atoms with Crippen molar-refractivity contribution in [3.8, 4) is 0 Å². The average Bonchev–Trinajstić information content (AvgIpc) is 2.46. The van der Waals surface area contributed by atoms with Gasteiger partial charge in [0.2, 0.25) is 0 Å². The summed E-state index contributed by atoms with van der Waals surface area (Å²) in [7, 11) is -2.01. The molecule has 1 fully saturated rings. The van der Waals surface area contributed by atoms with Gasteiger partial charge < -0.3 is 9.64 Å². The quantitative estimate of drug-likeness (QED) is 0.619. The second-order valence-corrected chi connectivity index (χ2v) is 7.65. The number of nitro benzene ring substituents is 1. The van der Waals surface area contributed by atoms with E-state index in [-0.39, 0.29) is 16.7 Å². The number of rotatable bonds is 4. The van der Waals surface area contributed by atoms with Gasteiger partial charge in [0.1, 0.15) is 4.90 Å². The molecule has 1 aliphatic heterocycles. The van der Waals surface area contributed by atoms with Crippen molar-refractivity contribution in [1.29, 1.82) is 0 Å². The maximum atomic E-state index is 11.8. The molecule has 0 saturated carbocycles. The number of hydrogen-bond acceptors (Lipinski definition) is 6. The van der Waals surface area contributed by atoms with Gasteiger partial charge in [0.05, 0.1) is 11.0 Å². The molecule has 22 heavy (non-hydrogen) atoms. The predicted molar refractivity (Wildman–Crippen MR) is 83.0 cm³/mol. The number of nitro groups is 1. The Morgan fingerprint density at radius 2 is 2.09 bits per heavy atom. The average molecular weight is 328 g/mol. The van der Waals surface area contributed by atoms with Crippen LogP contribution in [0.15, 0.2) is 23.1 Å². The van der Waals surface area contributed by atoms with Crippen LogP contribution in [0.25, 0.3) is 0 Å². The molecule has 1 aromatic carbocycles. The van der Waals surface area contributed by atoms with Crippen molar-refractivity contribution in [2.75, 3.05) is 31.4 Å². The molecule has 0 radical (unpaired) electrons. The van der Waals surface area contributed by atoms with Crippen LogP contribution in [-0.4, -0.2) is 45.9 Å². The number of anilines is 1. The summed E-state index contributed by atoms with van der Waals surface area (Å²) in [6.07, 6.45) is 1.96. The van der Waals surface area contributed by atoms with Crippen molar-refractivity contribution in [3.05, 3.63) is 28.3 Å². The van der Waals surface area contributed by atoms with Gasteiger partial charge in [0.25, 0.3) is 5.69 Å². The van der Waals surface area contributed by atoms with Crippen LogP contribution in [0, 0.1) is 16.0 Å². The lowest BCUT2D eigenvalue weighted by Gasteiger charge is -2.37. The molecule has 1 aromatic rings. The largest absolute Gasteiger partial charge is 0.379 e. The molecule has 2 rings (SSSR count). The second kappa shape index (κ2) is 6.21. The summed E-state index contributed by atoms with van der Waals surface area (Å²) in [6.45, 7) is 3.52. The first kappa shape index (κ1) is 16.7. The zero-order valence-electron chi connectivity index (χ0n) is 12.9. The second-order valence-electron chi connectivity index (χ2n) is 5.67. The third-order valence-electron chi connectivity index (χ3n) is 4.10. The highest BCUT2D eigenvalue weighted by molar-refractivity contribution is 7.90. The molecule has 1 heterocycles. The van der Waals surface area contributed by atoms with Crippen LogP contribution in [0.4, 0.5) is 11.4 Å². The lowest BCUT2D eigenvalue weighted by Crippen LogP contribution is -2.44. The Morgan fingerprint density at radius 1 is 1.41 bits per heavy atom. The topological polar surface area (TPSA) is 89.8 Å². The Balaban J connectivity index is 2.39. The van der Waals surface area contributed by atoms with Crippen molar-refractivity contribution in [1.82, 2.24) is 0 Å². The van der Waals surface area contributed by atoms with Gasteiger partial charge in [-0.15, -0.1) is 0 Å². The van der Waals surface area contributed by atoms with E-state index in [1.165, 1.54) is 12.1 Å². The Kier molecular flexibility index (Phi) is 4.72. The smallest absolute Gasteiger partial charge is 0.288 e. The summed E-state index contributed by atoms with van der Waals surface area (Å²) in [5.74, 6) is 0.425. The summed E-state index contributed by atoms with van der Waals surface area (Å²) in [5, 5.41) is 11.0. The maximum absolute atomic E-state index is 11.8. The van der Waals surface area contributed by atoms with E-state index in [4.69, 9.17) is 4.74 Å². The highest BCUT2D eigenvalue weighted by Gasteiger charge is 2.28. The molecule has 0 spiro atoms. The molecule has 1 saturated heterocycles. The summed E-state index contributed by atoms with van der Waals surface area (Å²) in [4.78, 5) is 12.1. The normalized spacial score (nSPS) is 22.6. The molecule has 7 nitrogen and oxygen atoms in total. The molecule has 0 amide bonds. The number of hydrogen-bond donors (Lipinski definition) is 0. The summed E-state index contributed by atoms with van der Waals surface area (Å²) in [6, 6.07) is 4.23. The monoisotopic (exact) mass is 328 g/mol. The first-order valence-electron chi connectivity index (χ1n) is 7.00. The molecule has 1 aliphatic rings. The highest BCUT2D eigenvalue weighted by Crippen LogP contribution is 2.31. The van der Waals surface area contributed by atoms with Crippen LogP contribution >= 0.6 is 0 Å². The van der Waals surface area contributed by atoms with Gasteiger partial charge in [0.15, 0.2) is 9.84 Å². The van der Waals surface area contributed by atoms with E-state index in [1.54, 1.807) is 13.2 Å². The van der Waals surface area contributed by atoms with Gasteiger partial charge >= 0.3 is 0 Å². The SMILES string of the molecule is COC1CN(c2ccc([N+](=O)[O-])c(S(C)(=O)=O)c2)CCC1C. The molecule has 0 N–H and O–H groups in total. The summed E-state index contributed by atoms with van der Waals surface area (Å²) < 4.78 is 29.1. The fraction of sp³-hybridized carbons (Fsp3) is 0.571. The van der Waals surface area contributed by atoms with Gasteiger partial charge in [-0.25, -0.2) is 8.42 Å². The van der Waals surface area contributed by atoms with Gasteiger partial charge in [-0.3, -0.25) is 10.1 Å². The standard InChI is InChI=1S/C14H20N2O5S/c1-10-6-7-15(9-13(10)21-2)11-4-5-12(16(17)18)14(8-11)22(3,19)20/h4-5,8,10,13H,6-7,9H2,1-3H3. The molecular weight excluding hydrogens is 308 g/mol. The molecule has 2 unspecified atom stereocenters. The number of ether oxygens (including phenoxy) is 1. The van der Waals surface area contributed by atoms with E-state index in [9.17, 15) is 18.5 Å². The van der Waals surface area contributed by atoms with E-state index in [0.717, 1.165) is 19.2 Å². The summed E-state index contributed by atoms with van der Waals surface area (Å²) in [5.41, 5.74) is 0.278. The first-order chi connectivity index (χ1) is 10.2. The van der Waals surface area contributed by atoms with Crippen molar-refractivity contribution >= 4 is 21.2 Å². The lowest BCUT2D eigenvalue weighted by atomic mass is 9.95. The fourth-order valence-electron chi connectivity index (χ4n) is 2.72. The van der Waals surface area contributed by atoms with E-state index in [0.29, 0.717) is 18.2 Å². The van der Waals surface area contributed by atoms with Crippen molar-refractivity contribution in [2.24, 2.45) is 5.92 Å². The minimum atomic E-state index is -3.67. The van der Waals surface area contributed by atoms with Gasteiger partial charge in [-0.05, 0) is 24.5 Å². The van der Waals surface area contributed by atoms with Gasteiger partial charge in [-0.1, -0.05) is 6.92 Å². The Morgan fingerprint density at radius 3 is 2.64 bits per heavy atom. The Bertz CT molecular complexity index is 674. The van der Waals surface area contributed by atoms with Crippen LogP contribution in [-0.2, 0) is 14.6 Å². The molecule has 0 bridgehead atoms. The number of nitrogens with zero attached hydrogens (tertiary/aromatic N) is 2. The van der Waals surface area contributed by atoms with Crippen LogP contribution in [0.1, 0.15) is 13.3 Å². The minimum absolute atomic E-state index is 0.0608. The first-order valence-corrected chi connectivity index (χ1v) is 8.89. The third kappa shape index (κ3) is 3.38. The maximum Gasteiger partial charge on any atom is 0.288 e. The molecule has 2 atom stereocenters. The van der Waals surface area contributed by atoms with Crippen molar-refractivity contribution < 1.29 is 18.1 Å². The lowest BCUT2D eigenvalue weighted by molar-refractivity contribution is -0.387. The van der Waals surface area contributed by atoms with E-state index < -0.39 is 14.8 Å². The van der Waals surface area contributed by atoms with Crippen LogP contribution in [0.5, 0.6) is 0 Å². The van der Waals surface area contributed by atoms with Crippen LogP contribution < -0.4 is 4.90 Å². The minimum Gasteiger partial charge on any atom is -0.379 e.